The van der Waals surface area contributed by atoms with Crippen LogP contribution in [0.1, 0.15) is 25.7 Å². The maximum atomic E-state index is 5.47. The summed E-state index contributed by atoms with van der Waals surface area (Å²) in [5, 5.41) is 3.75. The molecule has 0 amide bonds. The summed E-state index contributed by atoms with van der Waals surface area (Å²) < 4.78 is 5.47. The van der Waals surface area contributed by atoms with E-state index in [0.29, 0.717) is 6.04 Å². The Bertz CT molecular complexity index is 403. The van der Waals surface area contributed by atoms with Crippen LogP contribution < -0.4 is 15.0 Å². The van der Waals surface area contributed by atoms with Crippen molar-refractivity contribution in [2.24, 2.45) is 0 Å². The molecule has 18 heavy (non-hydrogen) atoms. The van der Waals surface area contributed by atoms with Gasteiger partial charge < -0.3 is 15.0 Å². The third-order valence-electron chi connectivity index (χ3n) is 3.90. The first-order valence-electron chi connectivity index (χ1n) is 7.01. The minimum atomic E-state index is 0.649. The Morgan fingerprint density at radius 3 is 2.78 bits per heavy atom. The lowest BCUT2D eigenvalue weighted by molar-refractivity contribution is 0.399. The molecule has 2 aliphatic rings. The number of nitrogens with zero attached hydrogens (tertiary/aromatic N) is 1. The Labute approximate surface area is 109 Å². The highest BCUT2D eigenvalue weighted by Gasteiger charge is 2.28. The molecule has 1 saturated carbocycles. The van der Waals surface area contributed by atoms with Gasteiger partial charge in [-0.25, -0.2) is 0 Å². The molecular weight excluding hydrogens is 224 g/mol. The van der Waals surface area contributed by atoms with Crippen LogP contribution in [0.5, 0.6) is 5.75 Å². The molecule has 98 valence electrons. The molecule has 1 aliphatic heterocycles. The predicted molar refractivity (Wildman–Crippen MR) is 74.4 cm³/mol. The Morgan fingerprint density at radius 2 is 2.00 bits per heavy atom. The fraction of sp³-hybridized carbons (Fsp3) is 0.600. The minimum absolute atomic E-state index is 0.649. The van der Waals surface area contributed by atoms with Crippen LogP contribution in [-0.4, -0.2) is 32.3 Å². The number of hydrogen-bond donors (Lipinski definition) is 1. The maximum Gasteiger partial charge on any atom is 0.142 e. The fourth-order valence-electron chi connectivity index (χ4n) is 2.81. The van der Waals surface area contributed by atoms with Crippen LogP contribution in [0, 0.1) is 0 Å². The van der Waals surface area contributed by atoms with E-state index in [0.717, 1.165) is 24.9 Å². The number of para-hydroxylation sites is 2. The van der Waals surface area contributed by atoms with Gasteiger partial charge in [-0.15, -0.1) is 0 Å². The molecule has 1 aliphatic carbocycles. The van der Waals surface area contributed by atoms with Crippen LogP contribution >= 0.6 is 0 Å². The molecule has 3 rings (SSSR count). The molecule has 2 fully saturated rings. The van der Waals surface area contributed by atoms with E-state index in [2.05, 4.69) is 22.3 Å². The number of benzene rings is 1. The average molecular weight is 246 g/mol. The van der Waals surface area contributed by atoms with Crippen molar-refractivity contribution in [1.82, 2.24) is 5.32 Å². The molecule has 0 spiro atoms. The van der Waals surface area contributed by atoms with Crippen molar-refractivity contribution in [3.8, 4) is 5.75 Å². The van der Waals surface area contributed by atoms with Gasteiger partial charge in [0.1, 0.15) is 5.75 Å². The normalized spacial score (nSPS) is 24.1. The second-order valence-corrected chi connectivity index (χ2v) is 5.40. The number of rotatable bonds is 4. The highest BCUT2D eigenvalue weighted by atomic mass is 16.5. The van der Waals surface area contributed by atoms with E-state index < -0.39 is 0 Å². The second-order valence-electron chi connectivity index (χ2n) is 5.40. The van der Waals surface area contributed by atoms with Crippen molar-refractivity contribution in [3.63, 3.8) is 0 Å². The lowest BCUT2D eigenvalue weighted by atomic mass is 10.0. The summed E-state index contributed by atoms with van der Waals surface area (Å²) in [6.07, 6.45) is 5.31. The molecule has 1 saturated heterocycles. The van der Waals surface area contributed by atoms with Gasteiger partial charge in [0.15, 0.2) is 0 Å². The second kappa shape index (κ2) is 5.19. The minimum Gasteiger partial charge on any atom is -0.495 e. The molecule has 1 aromatic rings. The number of nitrogens with one attached hydrogen (secondary N) is 1. The van der Waals surface area contributed by atoms with Gasteiger partial charge in [-0.05, 0) is 37.8 Å². The molecule has 3 heteroatoms. The topological polar surface area (TPSA) is 24.5 Å². The first-order valence-corrected chi connectivity index (χ1v) is 7.01. The number of anilines is 1. The zero-order valence-corrected chi connectivity index (χ0v) is 11.1. The molecule has 1 N–H and O–H groups in total. The van der Waals surface area contributed by atoms with Gasteiger partial charge in [-0.3, -0.25) is 0 Å². The molecule has 3 nitrogen and oxygen atoms in total. The number of hydrogen-bond acceptors (Lipinski definition) is 3. The van der Waals surface area contributed by atoms with Gasteiger partial charge in [0.2, 0.25) is 0 Å². The van der Waals surface area contributed by atoms with Crippen LogP contribution in [-0.2, 0) is 0 Å². The van der Waals surface area contributed by atoms with Gasteiger partial charge in [0, 0.05) is 25.2 Å². The quantitative estimate of drug-likeness (QED) is 0.883. The largest absolute Gasteiger partial charge is 0.495 e. The third kappa shape index (κ3) is 2.61. The Kier molecular flexibility index (Phi) is 3.41. The zero-order valence-electron chi connectivity index (χ0n) is 11.1. The van der Waals surface area contributed by atoms with Crippen molar-refractivity contribution in [1.29, 1.82) is 0 Å². The van der Waals surface area contributed by atoms with E-state index >= 15 is 0 Å². The summed E-state index contributed by atoms with van der Waals surface area (Å²) in [4.78, 5) is 2.46. The first-order chi connectivity index (χ1) is 8.86. The number of piperidine rings is 1. The maximum absolute atomic E-state index is 5.47. The summed E-state index contributed by atoms with van der Waals surface area (Å²) in [6.45, 7) is 2.25. The van der Waals surface area contributed by atoms with Crippen molar-refractivity contribution in [3.05, 3.63) is 24.3 Å². The van der Waals surface area contributed by atoms with Crippen LogP contribution in [0.25, 0.3) is 0 Å². The predicted octanol–water partition coefficient (Wildman–Crippen LogP) is 2.42. The monoisotopic (exact) mass is 246 g/mol. The molecule has 0 aromatic heterocycles. The summed E-state index contributed by atoms with van der Waals surface area (Å²) in [5.41, 5.74) is 1.24. The van der Waals surface area contributed by atoms with Gasteiger partial charge in [0.05, 0.1) is 12.8 Å². The lowest BCUT2D eigenvalue weighted by Crippen LogP contribution is -2.46. The highest BCUT2D eigenvalue weighted by molar-refractivity contribution is 5.58. The Balaban J connectivity index is 1.70. The van der Waals surface area contributed by atoms with E-state index in [1.165, 1.54) is 31.4 Å². The summed E-state index contributed by atoms with van der Waals surface area (Å²) in [6, 6.07) is 9.79. The molecule has 0 radical (unpaired) electrons. The number of methoxy groups -OCH3 is 1. The zero-order chi connectivity index (χ0) is 12.4. The summed E-state index contributed by atoms with van der Waals surface area (Å²) >= 11 is 0. The smallest absolute Gasteiger partial charge is 0.142 e. The Hall–Kier alpha value is -1.22. The fourth-order valence-corrected chi connectivity index (χ4v) is 2.81. The SMILES string of the molecule is COc1ccccc1N1CCCC(NC2CC2)C1. The first kappa shape index (κ1) is 11.8. The van der Waals surface area contributed by atoms with Crippen molar-refractivity contribution >= 4 is 5.69 Å². The molecule has 1 aromatic carbocycles. The van der Waals surface area contributed by atoms with Crippen molar-refractivity contribution in [2.45, 2.75) is 37.8 Å². The average Bonchev–Trinajstić information content (AvgIpc) is 3.23. The van der Waals surface area contributed by atoms with E-state index in [-0.39, 0.29) is 0 Å². The third-order valence-corrected chi connectivity index (χ3v) is 3.90. The van der Waals surface area contributed by atoms with Gasteiger partial charge in [0.25, 0.3) is 0 Å². The molecule has 1 atom stereocenters. The molecular formula is C15H22N2O. The number of ether oxygens (including phenoxy) is 1. The highest BCUT2D eigenvalue weighted by Crippen LogP contribution is 2.30. The Morgan fingerprint density at radius 1 is 1.17 bits per heavy atom. The van der Waals surface area contributed by atoms with Crippen LogP contribution in [0.4, 0.5) is 5.69 Å². The van der Waals surface area contributed by atoms with E-state index in [9.17, 15) is 0 Å². The van der Waals surface area contributed by atoms with Crippen LogP contribution in [0.2, 0.25) is 0 Å². The van der Waals surface area contributed by atoms with Crippen molar-refractivity contribution in [2.75, 3.05) is 25.1 Å². The molecule has 1 unspecified atom stereocenters. The van der Waals surface area contributed by atoms with E-state index in [1.807, 2.05) is 12.1 Å². The molecule has 1 heterocycles. The standard InChI is InChI=1S/C15H22N2O/c1-18-15-7-3-2-6-14(15)17-10-4-5-13(11-17)16-12-8-9-12/h2-3,6-7,12-13,16H,4-5,8-11H2,1H3. The van der Waals surface area contributed by atoms with Crippen LogP contribution in [0.15, 0.2) is 24.3 Å². The van der Waals surface area contributed by atoms with Crippen LogP contribution in [0.3, 0.4) is 0 Å². The summed E-state index contributed by atoms with van der Waals surface area (Å²) in [5.74, 6) is 0.990. The van der Waals surface area contributed by atoms with Gasteiger partial charge in [-0.2, -0.15) is 0 Å². The van der Waals surface area contributed by atoms with E-state index in [1.54, 1.807) is 7.11 Å². The van der Waals surface area contributed by atoms with Gasteiger partial charge in [-0.1, -0.05) is 12.1 Å². The lowest BCUT2D eigenvalue weighted by Gasteiger charge is -2.35. The van der Waals surface area contributed by atoms with Crippen molar-refractivity contribution < 1.29 is 4.74 Å². The van der Waals surface area contributed by atoms with Gasteiger partial charge >= 0.3 is 0 Å². The summed E-state index contributed by atoms with van der Waals surface area (Å²) in [7, 11) is 1.75. The van der Waals surface area contributed by atoms with E-state index in [4.69, 9.17) is 4.74 Å². The molecule has 0 bridgehead atoms.